The van der Waals surface area contributed by atoms with Crippen molar-refractivity contribution in [1.29, 1.82) is 0 Å². The van der Waals surface area contributed by atoms with Crippen LogP contribution in [0.2, 0.25) is 0 Å². The van der Waals surface area contributed by atoms with Crippen LogP contribution in [0.3, 0.4) is 0 Å². The molecule has 3 unspecified atom stereocenters. The van der Waals surface area contributed by atoms with Crippen LogP contribution >= 0.6 is 0 Å². The lowest BCUT2D eigenvalue weighted by atomic mass is 10.0. The monoisotopic (exact) mass is 300 g/mol. The molecule has 0 aromatic heterocycles. The summed E-state index contributed by atoms with van der Waals surface area (Å²) in [5, 5.41) is 9.19. The van der Waals surface area contributed by atoms with Crippen molar-refractivity contribution >= 4 is 12.0 Å². The predicted molar refractivity (Wildman–Crippen MR) is 75.1 cm³/mol. The molecule has 21 heavy (non-hydrogen) atoms. The summed E-state index contributed by atoms with van der Waals surface area (Å²) < 4.78 is 10.8. The van der Waals surface area contributed by atoms with Gasteiger partial charge in [0, 0.05) is 26.7 Å². The molecule has 2 saturated heterocycles. The number of urea groups is 1. The highest BCUT2D eigenvalue weighted by molar-refractivity contribution is 5.77. The van der Waals surface area contributed by atoms with Crippen LogP contribution in [0, 0.1) is 5.92 Å². The van der Waals surface area contributed by atoms with Gasteiger partial charge >= 0.3 is 12.0 Å². The molecule has 2 fully saturated rings. The third-order valence-electron chi connectivity index (χ3n) is 4.27. The predicted octanol–water partition coefficient (Wildman–Crippen LogP) is 0.639. The SMILES string of the molecule is CCN(CC1CCCO1)C(=O)N(C)C1COCC1C(=O)O. The Labute approximate surface area is 124 Å². The Morgan fingerprint density at radius 3 is 2.67 bits per heavy atom. The zero-order chi connectivity index (χ0) is 15.4. The topological polar surface area (TPSA) is 79.3 Å². The van der Waals surface area contributed by atoms with Gasteiger partial charge in [0.25, 0.3) is 0 Å². The van der Waals surface area contributed by atoms with Crippen LogP contribution in [0.15, 0.2) is 0 Å². The van der Waals surface area contributed by atoms with Crippen LogP contribution in [-0.4, -0.2) is 79.0 Å². The smallest absolute Gasteiger partial charge is 0.320 e. The molecule has 2 amide bonds. The maximum atomic E-state index is 12.6. The molecule has 0 aromatic carbocycles. The van der Waals surface area contributed by atoms with Crippen LogP contribution in [0.5, 0.6) is 0 Å². The van der Waals surface area contributed by atoms with Crippen molar-refractivity contribution in [2.24, 2.45) is 5.92 Å². The lowest BCUT2D eigenvalue weighted by molar-refractivity contribution is -0.142. The van der Waals surface area contributed by atoms with Crippen molar-refractivity contribution < 1.29 is 24.2 Å². The molecule has 2 aliphatic rings. The van der Waals surface area contributed by atoms with E-state index >= 15 is 0 Å². The average Bonchev–Trinajstić information content (AvgIpc) is 3.13. The normalized spacial score (nSPS) is 28.6. The Morgan fingerprint density at radius 1 is 1.33 bits per heavy atom. The molecule has 0 spiro atoms. The first-order valence-corrected chi connectivity index (χ1v) is 7.48. The zero-order valence-electron chi connectivity index (χ0n) is 12.7. The van der Waals surface area contributed by atoms with Crippen LogP contribution in [0.1, 0.15) is 19.8 Å². The summed E-state index contributed by atoms with van der Waals surface area (Å²) in [6.45, 7) is 4.25. The van der Waals surface area contributed by atoms with Gasteiger partial charge in [-0.1, -0.05) is 0 Å². The fourth-order valence-corrected chi connectivity index (χ4v) is 2.90. The first kappa shape index (κ1) is 16.0. The van der Waals surface area contributed by atoms with Gasteiger partial charge in [0.2, 0.25) is 0 Å². The lowest BCUT2D eigenvalue weighted by Gasteiger charge is -2.33. The van der Waals surface area contributed by atoms with E-state index in [1.807, 2.05) is 6.92 Å². The number of rotatable bonds is 5. The minimum absolute atomic E-state index is 0.0948. The van der Waals surface area contributed by atoms with Gasteiger partial charge in [-0.15, -0.1) is 0 Å². The summed E-state index contributed by atoms with van der Waals surface area (Å²) >= 11 is 0. The van der Waals surface area contributed by atoms with Crippen molar-refractivity contribution in [3.8, 4) is 0 Å². The Balaban J connectivity index is 1.97. The fourth-order valence-electron chi connectivity index (χ4n) is 2.90. The van der Waals surface area contributed by atoms with Crippen molar-refractivity contribution in [3.63, 3.8) is 0 Å². The summed E-state index contributed by atoms with van der Waals surface area (Å²) in [4.78, 5) is 27.0. The van der Waals surface area contributed by atoms with Crippen molar-refractivity contribution in [2.75, 3.05) is 40.0 Å². The molecule has 0 aliphatic carbocycles. The van der Waals surface area contributed by atoms with Crippen molar-refractivity contribution in [2.45, 2.75) is 31.9 Å². The van der Waals surface area contributed by atoms with Gasteiger partial charge in [0.1, 0.15) is 5.92 Å². The maximum Gasteiger partial charge on any atom is 0.320 e. The van der Waals surface area contributed by atoms with Gasteiger partial charge < -0.3 is 24.4 Å². The first-order chi connectivity index (χ1) is 10.0. The number of carboxylic acids is 1. The van der Waals surface area contributed by atoms with Crippen molar-refractivity contribution in [3.05, 3.63) is 0 Å². The van der Waals surface area contributed by atoms with Gasteiger partial charge in [0.05, 0.1) is 25.4 Å². The quantitative estimate of drug-likeness (QED) is 0.806. The Bertz CT molecular complexity index is 384. The molecular weight excluding hydrogens is 276 g/mol. The Hall–Kier alpha value is -1.34. The van der Waals surface area contributed by atoms with E-state index in [2.05, 4.69) is 0 Å². The molecule has 120 valence electrons. The van der Waals surface area contributed by atoms with E-state index in [4.69, 9.17) is 9.47 Å². The van der Waals surface area contributed by atoms with Gasteiger partial charge in [0.15, 0.2) is 0 Å². The van der Waals surface area contributed by atoms with E-state index in [9.17, 15) is 14.7 Å². The van der Waals surface area contributed by atoms with Crippen molar-refractivity contribution in [1.82, 2.24) is 9.80 Å². The maximum absolute atomic E-state index is 12.6. The first-order valence-electron chi connectivity index (χ1n) is 7.48. The average molecular weight is 300 g/mol. The van der Waals surface area contributed by atoms with Crippen LogP contribution in [0.4, 0.5) is 4.79 Å². The second-order valence-electron chi connectivity index (χ2n) is 5.62. The number of likely N-dealkylation sites (N-methyl/N-ethyl adjacent to an activating group) is 2. The summed E-state index contributed by atoms with van der Waals surface area (Å²) in [6.07, 6.45) is 2.10. The number of aliphatic carboxylic acids is 1. The van der Waals surface area contributed by atoms with E-state index in [1.165, 1.54) is 4.90 Å². The molecule has 7 heteroatoms. The third kappa shape index (κ3) is 3.65. The number of carbonyl (C=O) groups excluding carboxylic acids is 1. The Morgan fingerprint density at radius 2 is 2.10 bits per heavy atom. The van der Waals surface area contributed by atoms with Crippen LogP contribution in [-0.2, 0) is 14.3 Å². The largest absolute Gasteiger partial charge is 0.481 e. The van der Waals surface area contributed by atoms with Crippen LogP contribution < -0.4 is 0 Å². The molecule has 0 radical (unpaired) electrons. The third-order valence-corrected chi connectivity index (χ3v) is 4.27. The molecule has 2 heterocycles. The van der Waals surface area contributed by atoms with Gasteiger partial charge in [-0.25, -0.2) is 4.79 Å². The van der Waals surface area contributed by atoms with Crippen LogP contribution in [0.25, 0.3) is 0 Å². The summed E-state index contributed by atoms with van der Waals surface area (Å²) in [5.41, 5.74) is 0. The number of amides is 2. The summed E-state index contributed by atoms with van der Waals surface area (Å²) in [7, 11) is 1.65. The number of nitrogens with zero attached hydrogens (tertiary/aromatic N) is 2. The standard InChI is InChI=1S/C14H24N2O5/c1-3-16(7-10-5-4-6-21-10)14(19)15(2)12-9-20-8-11(12)13(17)18/h10-12H,3-9H2,1-2H3,(H,17,18). The second-order valence-corrected chi connectivity index (χ2v) is 5.62. The molecule has 2 aliphatic heterocycles. The van der Waals surface area contributed by atoms with E-state index in [-0.39, 0.29) is 25.3 Å². The minimum Gasteiger partial charge on any atom is -0.481 e. The molecule has 3 atom stereocenters. The molecule has 0 aromatic rings. The molecule has 0 saturated carbocycles. The highest BCUT2D eigenvalue weighted by atomic mass is 16.5. The summed E-state index contributed by atoms with van der Waals surface area (Å²) in [5.74, 6) is -1.57. The minimum atomic E-state index is -0.917. The highest BCUT2D eigenvalue weighted by Gasteiger charge is 2.39. The Kier molecular flexibility index (Phi) is 5.41. The number of ether oxygens (including phenoxy) is 2. The van der Waals surface area contributed by atoms with E-state index in [0.717, 1.165) is 19.4 Å². The number of hydrogen-bond donors (Lipinski definition) is 1. The van der Waals surface area contributed by atoms with E-state index in [0.29, 0.717) is 13.1 Å². The van der Waals surface area contributed by atoms with E-state index < -0.39 is 17.9 Å². The number of carboxylic acid groups (broad SMARTS) is 1. The van der Waals surface area contributed by atoms with Gasteiger partial charge in [-0.05, 0) is 19.8 Å². The molecule has 0 bridgehead atoms. The molecular formula is C14H24N2O5. The second kappa shape index (κ2) is 7.09. The highest BCUT2D eigenvalue weighted by Crippen LogP contribution is 2.21. The van der Waals surface area contributed by atoms with Gasteiger partial charge in [-0.2, -0.15) is 0 Å². The summed E-state index contributed by atoms with van der Waals surface area (Å²) in [6, 6.07) is -0.566. The van der Waals surface area contributed by atoms with E-state index in [1.54, 1.807) is 11.9 Å². The molecule has 7 nitrogen and oxygen atoms in total. The lowest BCUT2D eigenvalue weighted by Crippen LogP contribution is -2.51. The fraction of sp³-hybridized carbons (Fsp3) is 0.857. The van der Waals surface area contributed by atoms with Gasteiger partial charge in [-0.3, -0.25) is 4.79 Å². The number of hydrogen-bond acceptors (Lipinski definition) is 4. The zero-order valence-corrected chi connectivity index (χ0v) is 12.7. The molecule has 2 rings (SSSR count). The number of carbonyl (C=O) groups is 2. The molecule has 1 N–H and O–H groups in total.